The van der Waals surface area contributed by atoms with Gasteiger partial charge in [0.15, 0.2) is 0 Å². The van der Waals surface area contributed by atoms with Gasteiger partial charge in [-0.15, -0.1) is 0 Å². The van der Waals surface area contributed by atoms with Crippen molar-refractivity contribution in [3.63, 3.8) is 0 Å². The molecule has 2 unspecified atom stereocenters. The molecular weight excluding hydrogens is 204 g/mol. The van der Waals surface area contributed by atoms with Gasteiger partial charge in [0.1, 0.15) is 0 Å². The first-order chi connectivity index (χ1) is 7.84. The highest BCUT2D eigenvalue weighted by Gasteiger charge is 2.34. The van der Waals surface area contributed by atoms with E-state index in [1.54, 1.807) is 0 Å². The summed E-state index contributed by atoms with van der Waals surface area (Å²) in [5.74, 6) is 0.118. The second-order valence-electron chi connectivity index (χ2n) is 4.26. The number of anilines is 2. The molecule has 4 heteroatoms. The smallest absolute Gasteiger partial charge is 0.229 e. The molecule has 0 radical (unpaired) electrons. The van der Waals surface area contributed by atoms with E-state index in [1.165, 1.54) is 0 Å². The lowest BCUT2D eigenvalue weighted by Crippen LogP contribution is -2.42. The van der Waals surface area contributed by atoms with Crippen LogP contribution in [0.2, 0.25) is 0 Å². The minimum absolute atomic E-state index is 0.0150. The van der Waals surface area contributed by atoms with Crippen LogP contribution < -0.4 is 10.6 Å². The number of benzene rings is 1. The molecule has 1 aromatic carbocycles. The van der Waals surface area contributed by atoms with Gasteiger partial charge in [0.05, 0.1) is 29.9 Å². The zero-order chi connectivity index (χ0) is 11.0. The molecule has 0 saturated carbocycles. The van der Waals surface area contributed by atoms with E-state index in [0.29, 0.717) is 13.2 Å². The quantitative estimate of drug-likeness (QED) is 0.693. The molecule has 1 aromatic rings. The summed E-state index contributed by atoms with van der Waals surface area (Å²) >= 11 is 0. The van der Waals surface area contributed by atoms with Crippen LogP contribution in [0.4, 0.5) is 11.4 Å². The summed E-state index contributed by atoms with van der Waals surface area (Å²) < 4.78 is 5.42. The molecule has 16 heavy (non-hydrogen) atoms. The SMILES string of the molecule is O=C1Nc2ccccc2NC2COCCC12. The van der Waals surface area contributed by atoms with Crippen molar-refractivity contribution in [3.05, 3.63) is 24.3 Å². The minimum Gasteiger partial charge on any atom is -0.379 e. The first kappa shape index (κ1) is 9.66. The van der Waals surface area contributed by atoms with Crippen molar-refractivity contribution in [2.75, 3.05) is 23.8 Å². The second-order valence-corrected chi connectivity index (χ2v) is 4.26. The van der Waals surface area contributed by atoms with E-state index in [0.717, 1.165) is 17.8 Å². The van der Waals surface area contributed by atoms with Gasteiger partial charge >= 0.3 is 0 Å². The number of nitrogens with one attached hydrogen (secondary N) is 2. The maximum Gasteiger partial charge on any atom is 0.229 e. The zero-order valence-corrected chi connectivity index (χ0v) is 8.90. The summed E-state index contributed by atoms with van der Waals surface area (Å²) in [7, 11) is 0. The molecule has 4 nitrogen and oxygen atoms in total. The number of carbonyl (C=O) groups is 1. The lowest BCUT2D eigenvalue weighted by Gasteiger charge is -2.29. The van der Waals surface area contributed by atoms with Crippen LogP contribution in [0.15, 0.2) is 24.3 Å². The number of hydrogen-bond donors (Lipinski definition) is 2. The van der Waals surface area contributed by atoms with Gasteiger partial charge in [0.2, 0.25) is 5.91 Å². The average Bonchev–Trinajstić information content (AvgIpc) is 2.45. The molecule has 2 aliphatic rings. The molecule has 1 amide bonds. The number of para-hydroxylation sites is 2. The summed E-state index contributed by atoms with van der Waals surface area (Å²) in [5.41, 5.74) is 1.84. The topological polar surface area (TPSA) is 50.4 Å². The molecule has 2 aliphatic heterocycles. The second kappa shape index (κ2) is 3.79. The van der Waals surface area contributed by atoms with E-state index in [4.69, 9.17) is 4.74 Å². The standard InChI is InChI=1S/C12H14N2O2/c15-12-8-5-6-16-7-11(8)13-9-3-1-2-4-10(9)14-12/h1-4,8,11,13H,5-7H2,(H,14,15). The monoisotopic (exact) mass is 218 g/mol. The van der Waals surface area contributed by atoms with Gasteiger partial charge in [-0.1, -0.05) is 12.1 Å². The molecule has 1 saturated heterocycles. The molecule has 0 aromatic heterocycles. The molecule has 2 heterocycles. The van der Waals surface area contributed by atoms with Gasteiger partial charge in [-0.25, -0.2) is 0 Å². The Morgan fingerprint density at radius 3 is 2.94 bits per heavy atom. The Labute approximate surface area is 94.0 Å². The van der Waals surface area contributed by atoms with E-state index < -0.39 is 0 Å². The summed E-state index contributed by atoms with van der Waals surface area (Å²) in [6.07, 6.45) is 0.789. The maximum atomic E-state index is 12.0. The van der Waals surface area contributed by atoms with Crippen LogP contribution in [-0.4, -0.2) is 25.2 Å². The average molecular weight is 218 g/mol. The van der Waals surface area contributed by atoms with Gasteiger partial charge in [0, 0.05) is 6.61 Å². The highest BCUT2D eigenvalue weighted by molar-refractivity contribution is 5.98. The number of ether oxygens (including phenoxy) is 1. The maximum absolute atomic E-state index is 12.0. The third kappa shape index (κ3) is 1.55. The van der Waals surface area contributed by atoms with Crippen LogP contribution in [0, 0.1) is 5.92 Å². The molecule has 3 rings (SSSR count). The Morgan fingerprint density at radius 2 is 2.06 bits per heavy atom. The van der Waals surface area contributed by atoms with Crippen LogP contribution >= 0.6 is 0 Å². The fourth-order valence-electron chi connectivity index (χ4n) is 2.34. The van der Waals surface area contributed by atoms with E-state index in [-0.39, 0.29) is 17.9 Å². The third-order valence-corrected chi connectivity index (χ3v) is 3.22. The van der Waals surface area contributed by atoms with Crippen LogP contribution in [-0.2, 0) is 9.53 Å². The van der Waals surface area contributed by atoms with E-state index in [1.807, 2.05) is 24.3 Å². The van der Waals surface area contributed by atoms with Gasteiger partial charge in [-0.05, 0) is 18.6 Å². The largest absolute Gasteiger partial charge is 0.379 e. The zero-order valence-electron chi connectivity index (χ0n) is 8.90. The number of amides is 1. The van der Waals surface area contributed by atoms with Crippen molar-refractivity contribution < 1.29 is 9.53 Å². The Kier molecular flexibility index (Phi) is 2.29. The molecule has 84 valence electrons. The molecule has 2 atom stereocenters. The predicted molar refractivity (Wildman–Crippen MR) is 61.4 cm³/mol. The molecular formula is C12H14N2O2. The van der Waals surface area contributed by atoms with E-state index in [2.05, 4.69) is 10.6 Å². The van der Waals surface area contributed by atoms with Gasteiger partial charge in [-0.2, -0.15) is 0 Å². The van der Waals surface area contributed by atoms with Crippen molar-refractivity contribution in [2.24, 2.45) is 5.92 Å². The highest BCUT2D eigenvalue weighted by Crippen LogP contribution is 2.30. The Balaban J connectivity index is 1.96. The molecule has 0 aliphatic carbocycles. The lowest BCUT2D eigenvalue weighted by molar-refractivity contribution is -0.122. The molecule has 0 spiro atoms. The normalized spacial score (nSPS) is 28.1. The first-order valence-electron chi connectivity index (χ1n) is 5.59. The van der Waals surface area contributed by atoms with Crippen LogP contribution in [0.3, 0.4) is 0 Å². The summed E-state index contributed by atoms with van der Waals surface area (Å²) in [6, 6.07) is 7.87. The molecule has 0 bridgehead atoms. The van der Waals surface area contributed by atoms with Gasteiger partial charge in [-0.3, -0.25) is 4.79 Å². The van der Waals surface area contributed by atoms with Crippen molar-refractivity contribution in [1.82, 2.24) is 0 Å². The number of rotatable bonds is 0. The molecule has 1 fully saturated rings. The fraction of sp³-hybridized carbons (Fsp3) is 0.417. The summed E-state index contributed by atoms with van der Waals surface area (Å²) in [5, 5.41) is 6.35. The van der Waals surface area contributed by atoms with Crippen molar-refractivity contribution in [1.29, 1.82) is 0 Å². The van der Waals surface area contributed by atoms with Gasteiger partial charge in [0.25, 0.3) is 0 Å². The highest BCUT2D eigenvalue weighted by atomic mass is 16.5. The van der Waals surface area contributed by atoms with E-state index in [9.17, 15) is 4.79 Å². The number of hydrogen-bond acceptors (Lipinski definition) is 3. The predicted octanol–water partition coefficient (Wildman–Crippen LogP) is 1.46. The Bertz CT molecular complexity index is 419. The lowest BCUT2D eigenvalue weighted by atomic mass is 9.94. The molecule has 2 N–H and O–H groups in total. The summed E-state index contributed by atoms with van der Waals surface area (Å²) in [4.78, 5) is 12.0. The number of fused-ring (bicyclic) bond motifs is 2. The van der Waals surface area contributed by atoms with Crippen molar-refractivity contribution >= 4 is 17.3 Å². The van der Waals surface area contributed by atoms with Gasteiger partial charge < -0.3 is 15.4 Å². The third-order valence-electron chi connectivity index (χ3n) is 3.22. The van der Waals surface area contributed by atoms with Crippen molar-refractivity contribution in [3.8, 4) is 0 Å². The van der Waals surface area contributed by atoms with E-state index >= 15 is 0 Å². The fourth-order valence-corrected chi connectivity index (χ4v) is 2.34. The first-order valence-corrected chi connectivity index (χ1v) is 5.59. The summed E-state index contributed by atoms with van der Waals surface area (Å²) in [6.45, 7) is 1.28. The Morgan fingerprint density at radius 1 is 1.25 bits per heavy atom. The number of carbonyl (C=O) groups excluding carboxylic acids is 1. The van der Waals surface area contributed by atoms with Crippen molar-refractivity contribution in [2.45, 2.75) is 12.5 Å². The van der Waals surface area contributed by atoms with Crippen LogP contribution in [0.5, 0.6) is 0 Å². The van der Waals surface area contributed by atoms with Crippen LogP contribution in [0.25, 0.3) is 0 Å². The Hall–Kier alpha value is -1.55. The minimum atomic E-state index is 0.0150. The van der Waals surface area contributed by atoms with Crippen LogP contribution in [0.1, 0.15) is 6.42 Å².